The number of hydrogen-bond acceptors (Lipinski definition) is 2. The Morgan fingerprint density at radius 2 is 1.67 bits per heavy atom. The first-order valence-corrected chi connectivity index (χ1v) is 4.95. The van der Waals surface area contributed by atoms with Crippen molar-refractivity contribution in [3.8, 4) is 5.75 Å². The average Bonchev–Trinajstić information content (AvgIpc) is 2.25. The molecule has 0 aliphatic heterocycles. The molecule has 0 atom stereocenters. The van der Waals surface area contributed by atoms with Crippen molar-refractivity contribution in [3.63, 3.8) is 0 Å². The number of nitrogens with one attached hydrogen (secondary N) is 1. The average molecular weight is 220 g/mol. The van der Waals surface area contributed by atoms with Crippen LogP contribution in [-0.2, 0) is 0 Å². The topological polar surface area (TPSA) is 32.3 Å². The molecule has 76 valence electrons. The Kier molecular flexibility index (Phi) is 2.79. The van der Waals surface area contributed by atoms with Crippen molar-refractivity contribution in [3.05, 3.63) is 53.6 Å². The van der Waals surface area contributed by atoms with E-state index < -0.39 is 0 Å². The van der Waals surface area contributed by atoms with Crippen LogP contribution >= 0.6 is 11.6 Å². The summed E-state index contributed by atoms with van der Waals surface area (Å²) < 4.78 is 0. The molecule has 0 spiro atoms. The lowest BCUT2D eigenvalue weighted by molar-refractivity contribution is 0.478. The number of halogens is 1. The van der Waals surface area contributed by atoms with Gasteiger partial charge in [-0.05, 0) is 24.3 Å². The summed E-state index contributed by atoms with van der Waals surface area (Å²) in [5, 5.41) is 13.2. The second-order valence-corrected chi connectivity index (χ2v) is 3.53. The molecule has 0 bridgehead atoms. The second-order valence-electron chi connectivity index (χ2n) is 3.12. The maximum absolute atomic E-state index is 9.61. The zero-order chi connectivity index (χ0) is 10.7. The van der Waals surface area contributed by atoms with Crippen molar-refractivity contribution >= 4 is 23.0 Å². The van der Waals surface area contributed by atoms with E-state index in [9.17, 15) is 5.11 Å². The van der Waals surface area contributed by atoms with Crippen molar-refractivity contribution in [1.29, 1.82) is 0 Å². The molecule has 2 N–H and O–H groups in total. The summed E-state index contributed by atoms with van der Waals surface area (Å²) in [5.74, 6) is 0.145. The molecule has 0 heterocycles. The third-order valence-corrected chi connectivity index (χ3v) is 2.35. The zero-order valence-corrected chi connectivity index (χ0v) is 8.70. The summed E-state index contributed by atoms with van der Waals surface area (Å²) in [5.41, 5.74) is 1.42. The van der Waals surface area contributed by atoms with Crippen LogP contribution in [-0.4, -0.2) is 5.11 Å². The predicted molar refractivity (Wildman–Crippen MR) is 62.8 cm³/mol. The highest BCUT2D eigenvalue weighted by atomic mass is 35.5. The van der Waals surface area contributed by atoms with Gasteiger partial charge >= 0.3 is 0 Å². The van der Waals surface area contributed by atoms with Crippen molar-refractivity contribution < 1.29 is 5.11 Å². The Bertz CT molecular complexity index is 436. The predicted octanol–water partition coefficient (Wildman–Crippen LogP) is 3.79. The molecule has 0 saturated carbocycles. The largest absolute Gasteiger partial charge is 0.506 e. The van der Waals surface area contributed by atoms with Gasteiger partial charge < -0.3 is 10.4 Å². The van der Waals surface area contributed by atoms with Gasteiger partial charge in [0.25, 0.3) is 0 Å². The van der Waals surface area contributed by atoms with E-state index in [1.807, 2.05) is 30.3 Å². The third kappa shape index (κ3) is 2.22. The van der Waals surface area contributed by atoms with Crippen molar-refractivity contribution in [2.75, 3.05) is 5.32 Å². The number of aromatic hydroxyl groups is 1. The van der Waals surface area contributed by atoms with E-state index in [4.69, 9.17) is 11.6 Å². The van der Waals surface area contributed by atoms with Gasteiger partial charge in [-0.15, -0.1) is 0 Å². The molecule has 0 radical (unpaired) electrons. The van der Waals surface area contributed by atoms with Gasteiger partial charge in [0, 0.05) is 5.69 Å². The summed E-state index contributed by atoms with van der Waals surface area (Å²) in [4.78, 5) is 0. The number of benzene rings is 2. The second kappa shape index (κ2) is 4.24. The highest BCUT2D eigenvalue weighted by Gasteiger charge is 2.05. The fourth-order valence-electron chi connectivity index (χ4n) is 1.30. The van der Waals surface area contributed by atoms with E-state index in [0.29, 0.717) is 10.7 Å². The van der Waals surface area contributed by atoms with Gasteiger partial charge in [-0.1, -0.05) is 35.9 Å². The van der Waals surface area contributed by atoms with E-state index in [2.05, 4.69) is 5.32 Å². The van der Waals surface area contributed by atoms with Crippen LogP contribution in [0.5, 0.6) is 5.75 Å². The quantitative estimate of drug-likeness (QED) is 0.754. The zero-order valence-electron chi connectivity index (χ0n) is 7.94. The van der Waals surface area contributed by atoms with Crippen LogP contribution in [0.3, 0.4) is 0 Å². The Morgan fingerprint density at radius 1 is 0.933 bits per heavy atom. The van der Waals surface area contributed by atoms with Gasteiger partial charge in [-0.25, -0.2) is 0 Å². The minimum absolute atomic E-state index is 0.145. The van der Waals surface area contributed by atoms with Crippen LogP contribution in [0.2, 0.25) is 5.02 Å². The lowest BCUT2D eigenvalue weighted by Crippen LogP contribution is -1.90. The first-order chi connectivity index (χ1) is 7.27. The van der Waals surface area contributed by atoms with Gasteiger partial charge in [0.15, 0.2) is 0 Å². The summed E-state index contributed by atoms with van der Waals surface area (Å²) >= 11 is 5.96. The van der Waals surface area contributed by atoms with Gasteiger partial charge in [0.05, 0.1) is 10.7 Å². The van der Waals surface area contributed by atoms with Crippen molar-refractivity contribution in [2.24, 2.45) is 0 Å². The SMILES string of the molecule is Oc1cccc(Cl)c1Nc1ccccc1. The smallest absolute Gasteiger partial charge is 0.140 e. The summed E-state index contributed by atoms with van der Waals surface area (Å²) in [6.45, 7) is 0. The van der Waals surface area contributed by atoms with Crippen LogP contribution in [0.4, 0.5) is 11.4 Å². The molecule has 0 fully saturated rings. The third-order valence-electron chi connectivity index (χ3n) is 2.03. The highest BCUT2D eigenvalue weighted by molar-refractivity contribution is 6.33. The Labute approximate surface area is 93.1 Å². The fourth-order valence-corrected chi connectivity index (χ4v) is 1.52. The number of para-hydroxylation sites is 2. The monoisotopic (exact) mass is 219 g/mol. The minimum atomic E-state index is 0.145. The van der Waals surface area contributed by atoms with Crippen molar-refractivity contribution in [1.82, 2.24) is 0 Å². The number of hydrogen-bond donors (Lipinski definition) is 2. The standard InChI is InChI=1S/C12H10ClNO/c13-10-7-4-8-11(15)12(10)14-9-5-2-1-3-6-9/h1-8,14-15H. The van der Waals surface area contributed by atoms with Crippen LogP contribution in [0.25, 0.3) is 0 Å². The molecule has 2 nitrogen and oxygen atoms in total. The molecular formula is C12H10ClNO. The maximum Gasteiger partial charge on any atom is 0.140 e. The van der Waals surface area contributed by atoms with Gasteiger partial charge in [0.2, 0.25) is 0 Å². The lowest BCUT2D eigenvalue weighted by atomic mass is 10.2. The van der Waals surface area contributed by atoms with Crippen LogP contribution in [0, 0.1) is 0 Å². The van der Waals surface area contributed by atoms with Gasteiger partial charge in [-0.3, -0.25) is 0 Å². The molecular weight excluding hydrogens is 210 g/mol. The minimum Gasteiger partial charge on any atom is -0.506 e. The number of rotatable bonds is 2. The number of phenolic OH excluding ortho intramolecular Hbond substituents is 1. The van der Waals surface area contributed by atoms with Gasteiger partial charge in [-0.2, -0.15) is 0 Å². The lowest BCUT2D eigenvalue weighted by Gasteiger charge is -2.09. The molecule has 0 unspecified atom stereocenters. The van der Waals surface area contributed by atoms with Crippen LogP contribution in [0.1, 0.15) is 0 Å². The molecule has 0 saturated heterocycles. The van der Waals surface area contributed by atoms with Crippen LogP contribution in [0.15, 0.2) is 48.5 Å². The Hall–Kier alpha value is -1.67. The molecule has 2 aromatic carbocycles. The van der Waals surface area contributed by atoms with Crippen LogP contribution < -0.4 is 5.32 Å². The fraction of sp³-hybridized carbons (Fsp3) is 0. The molecule has 2 rings (SSSR count). The first kappa shape index (κ1) is 9.87. The van der Waals surface area contributed by atoms with Crippen molar-refractivity contribution in [2.45, 2.75) is 0 Å². The molecule has 0 aromatic heterocycles. The van der Waals surface area contributed by atoms with E-state index in [1.54, 1.807) is 18.2 Å². The highest BCUT2D eigenvalue weighted by Crippen LogP contribution is 2.33. The molecule has 0 aliphatic carbocycles. The van der Waals surface area contributed by atoms with Gasteiger partial charge in [0.1, 0.15) is 5.75 Å². The number of anilines is 2. The molecule has 0 amide bonds. The molecule has 3 heteroatoms. The van der Waals surface area contributed by atoms with E-state index in [1.165, 1.54) is 0 Å². The Morgan fingerprint density at radius 3 is 2.33 bits per heavy atom. The Balaban J connectivity index is 2.32. The van der Waals surface area contributed by atoms with E-state index in [0.717, 1.165) is 5.69 Å². The summed E-state index contributed by atoms with van der Waals surface area (Å²) in [6, 6.07) is 14.6. The molecule has 15 heavy (non-hydrogen) atoms. The normalized spacial score (nSPS) is 9.93. The summed E-state index contributed by atoms with van der Waals surface area (Å²) in [7, 11) is 0. The van der Waals surface area contributed by atoms with E-state index in [-0.39, 0.29) is 5.75 Å². The molecule has 0 aliphatic rings. The first-order valence-electron chi connectivity index (χ1n) is 4.57. The maximum atomic E-state index is 9.61. The summed E-state index contributed by atoms with van der Waals surface area (Å²) in [6.07, 6.45) is 0. The number of phenols is 1. The molecule has 2 aromatic rings. The van der Waals surface area contributed by atoms with E-state index >= 15 is 0 Å².